The third-order valence-electron chi connectivity index (χ3n) is 10.4. The molecule has 9 aromatic rings. The molecule has 3 heteroatoms. The summed E-state index contributed by atoms with van der Waals surface area (Å²) in [5, 5.41) is 6.10. The first kappa shape index (κ1) is 27.1. The van der Waals surface area contributed by atoms with Gasteiger partial charge in [0, 0.05) is 27.1 Å². The average molecular weight is 614 g/mol. The van der Waals surface area contributed by atoms with Crippen molar-refractivity contribution in [1.29, 1.82) is 0 Å². The molecule has 1 aliphatic rings. The second-order valence-electron chi connectivity index (χ2n) is 13.4. The number of fused-ring (bicyclic) bond motifs is 6. The van der Waals surface area contributed by atoms with Gasteiger partial charge in [-0.1, -0.05) is 141 Å². The molecule has 7 aromatic carbocycles. The largest absolute Gasteiger partial charge is 0.278 e. The van der Waals surface area contributed by atoms with Crippen LogP contribution < -0.4 is 0 Å². The average Bonchev–Trinajstić information content (AvgIpc) is 3.47. The van der Waals surface area contributed by atoms with Crippen molar-refractivity contribution in [2.75, 3.05) is 0 Å². The summed E-state index contributed by atoms with van der Waals surface area (Å²) < 4.78 is 2.27. The summed E-state index contributed by atoms with van der Waals surface area (Å²) in [7, 11) is 0. The van der Waals surface area contributed by atoms with Crippen molar-refractivity contribution in [3.05, 3.63) is 163 Å². The van der Waals surface area contributed by atoms with Gasteiger partial charge in [-0.15, -0.1) is 0 Å². The van der Waals surface area contributed by atoms with Crippen LogP contribution in [0.4, 0.5) is 0 Å². The van der Waals surface area contributed by atoms with Crippen LogP contribution >= 0.6 is 0 Å². The second kappa shape index (κ2) is 9.97. The monoisotopic (exact) mass is 613 g/mol. The Morgan fingerprint density at radius 2 is 1.17 bits per heavy atom. The van der Waals surface area contributed by atoms with Crippen molar-refractivity contribution in [3.63, 3.8) is 0 Å². The van der Waals surface area contributed by atoms with E-state index in [2.05, 4.69) is 170 Å². The molecule has 0 bridgehead atoms. The summed E-state index contributed by atoms with van der Waals surface area (Å²) in [6.07, 6.45) is 0. The number of benzene rings is 7. The fraction of sp³-hybridized carbons (Fsp3) is 0.0667. The molecule has 2 aromatic heterocycles. The van der Waals surface area contributed by atoms with E-state index in [4.69, 9.17) is 9.97 Å². The molecule has 0 radical (unpaired) electrons. The first-order chi connectivity index (χ1) is 23.6. The molecule has 0 saturated carbocycles. The Kier molecular flexibility index (Phi) is 5.63. The summed E-state index contributed by atoms with van der Waals surface area (Å²) in [4.78, 5) is 10.6. The first-order valence-electron chi connectivity index (χ1n) is 16.6. The molecule has 2 heterocycles. The molecule has 0 spiro atoms. The van der Waals surface area contributed by atoms with Crippen LogP contribution in [0.25, 0.3) is 82.9 Å². The van der Waals surface area contributed by atoms with Crippen molar-refractivity contribution in [2.45, 2.75) is 19.3 Å². The van der Waals surface area contributed by atoms with E-state index in [9.17, 15) is 0 Å². The van der Waals surface area contributed by atoms with Crippen LogP contribution in [-0.4, -0.2) is 14.5 Å². The Hall–Kier alpha value is -6.06. The molecule has 0 N–H and O–H groups in total. The van der Waals surface area contributed by atoms with E-state index >= 15 is 0 Å². The second-order valence-corrected chi connectivity index (χ2v) is 13.4. The zero-order valence-corrected chi connectivity index (χ0v) is 26.8. The Morgan fingerprint density at radius 3 is 2.00 bits per heavy atom. The molecule has 3 nitrogen and oxygen atoms in total. The van der Waals surface area contributed by atoms with Crippen molar-refractivity contribution in [3.8, 4) is 39.5 Å². The van der Waals surface area contributed by atoms with Gasteiger partial charge in [0.2, 0.25) is 5.95 Å². The summed E-state index contributed by atoms with van der Waals surface area (Å²) in [6, 6.07) is 54.5. The maximum atomic E-state index is 5.38. The van der Waals surface area contributed by atoms with E-state index in [1.165, 1.54) is 54.9 Å². The van der Waals surface area contributed by atoms with Gasteiger partial charge in [-0.05, 0) is 68.4 Å². The highest BCUT2D eigenvalue weighted by molar-refractivity contribution is 6.13. The normalized spacial score (nSPS) is 13.4. The minimum atomic E-state index is -0.186. The Morgan fingerprint density at radius 1 is 0.479 bits per heavy atom. The molecular formula is C45H31N3. The molecule has 0 fully saturated rings. The van der Waals surface area contributed by atoms with E-state index in [0.717, 1.165) is 33.2 Å². The lowest BCUT2D eigenvalue weighted by Gasteiger charge is -2.35. The van der Waals surface area contributed by atoms with Crippen molar-refractivity contribution >= 4 is 43.5 Å². The van der Waals surface area contributed by atoms with Gasteiger partial charge in [0.05, 0.1) is 22.2 Å². The van der Waals surface area contributed by atoms with E-state index in [-0.39, 0.29) is 5.41 Å². The van der Waals surface area contributed by atoms with Gasteiger partial charge >= 0.3 is 0 Å². The zero-order chi connectivity index (χ0) is 32.0. The maximum absolute atomic E-state index is 5.38. The van der Waals surface area contributed by atoms with Crippen LogP contribution in [-0.2, 0) is 5.41 Å². The molecule has 48 heavy (non-hydrogen) atoms. The predicted octanol–water partition coefficient (Wildman–Crippen LogP) is 11.5. The smallest absolute Gasteiger partial charge is 0.235 e. The number of para-hydroxylation sites is 2. The SMILES string of the molecule is CC1(C)c2cc3c(cc2-c2cccc4cccc1c24)c1ccccc1n3-c1nc(-c2ccc(-c3ccccc3)cc2)c2ccccc2n1. The summed E-state index contributed by atoms with van der Waals surface area (Å²) in [6.45, 7) is 4.72. The number of rotatable bonds is 3. The standard InChI is InChI=1S/C45H31N3/c1-45(2)37-19-11-15-30-14-10-18-33(42(30)37)35-26-36-32-16-7-9-21-40(32)48(41(36)27-38(35)45)44-46-39-20-8-6-17-34(39)43(47-44)31-24-22-29(23-25-31)28-12-4-3-5-13-28/h3-27H,1-2H3. The maximum Gasteiger partial charge on any atom is 0.235 e. The number of hydrogen-bond donors (Lipinski definition) is 0. The molecular weight excluding hydrogens is 583 g/mol. The highest BCUT2D eigenvalue weighted by Crippen LogP contribution is 2.50. The van der Waals surface area contributed by atoms with Gasteiger partial charge in [-0.3, -0.25) is 4.57 Å². The molecule has 0 aliphatic heterocycles. The highest BCUT2D eigenvalue weighted by atomic mass is 15.2. The van der Waals surface area contributed by atoms with Crippen LogP contribution in [0.15, 0.2) is 152 Å². The van der Waals surface area contributed by atoms with E-state index in [1.807, 2.05) is 0 Å². The lowest BCUT2D eigenvalue weighted by atomic mass is 9.68. The molecule has 0 amide bonds. The number of hydrogen-bond acceptors (Lipinski definition) is 2. The van der Waals surface area contributed by atoms with Gasteiger partial charge < -0.3 is 0 Å². The van der Waals surface area contributed by atoms with Crippen LogP contribution in [0, 0.1) is 0 Å². The summed E-state index contributed by atoms with van der Waals surface area (Å²) >= 11 is 0. The van der Waals surface area contributed by atoms with Gasteiger partial charge in [-0.25, -0.2) is 9.97 Å². The molecule has 0 unspecified atom stereocenters. The van der Waals surface area contributed by atoms with Crippen molar-refractivity contribution < 1.29 is 0 Å². The minimum Gasteiger partial charge on any atom is -0.278 e. The molecule has 0 saturated heterocycles. The van der Waals surface area contributed by atoms with Gasteiger partial charge in [-0.2, -0.15) is 0 Å². The van der Waals surface area contributed by atoms with E-state index < -0.39 is 0 Å². The van der Waals surface area contributed by atoms with E-state index in [1.54, 1.807) is 0 Å². The Labute approximate surface area is 278 Å². The third-order valence-corrected chi connectivity index (χ3v) is 10.4. The summed E-state index contributed by atoms with van der Waals surface area (Å²) in [5.41, 5.74) is 12.6. The Bertz CT molecular complexity index is 2730. The molecule has 0 atom stereocenters. The van der Waals surface area contributed by atoms with Gasteiger partial charge in [0.1, 0.15) is 0 Å². The number of nitrogens with zero attached hydrogens (tertiary/aromatic N) is 3. The topological polar surface area (TPSA) is 30.7 Å². The van der Waals surface area contributed by atoms with Crippen LogP contribution in [0.3, 0.4) is 0 Å². The zero-order valence-electron chi connectivity index (χ0n) is 26.8. The first-order valence-corrected chi connectivity index (χ1v) is 16.6. The van der Waals surface area contributed by atoms with Crippen LogP contribution in [0.5, 0.6) is 0 Å². The lowest BCUT2D eigenvalue weighted by Crippen LogP contribution is -2.23. The Balaban J connectivity index is 1.24. The van der Waals surface area contributed by atoms with Gasteiger partial charge in [0.25, 0.3) is 0 Å². The molecule has 1 aliphatic carbocycles. The fourth-order valence-electron chi connectivity index (χ4n) is 8.04. The van der Waals surface area contributed by atoms with Crippen molar-refractivity contribution in [2.24, 2.45) is 0 Å². The van der Waals surface area contributed by atoms with Crippen LogP contribution in [0.2, 0.25) is 0 Å². The van der Waals surface area contributed by atoms with Crippen molar-refractivity contribution in [1.82, 2.24) is 14.5 Å². The summed E-state index contributed by atoms with van der Waals surface area (Å²) in [5.74, 6) is 0.679. The van der Waals surface area contributed by atoms with Crippen LogP contribution in [0.1, 0.15) is 25.0 Å². The minimum absolute atomic E-state index is 0.186. The fourth-order valence-corrected chi connectivity index (χ4v) is 8.04. The van der Waals surface area contributed by atoms with E-state index in [0.29, 0.717) is 5.95 Å². The molecule has 10 rings (SSSR count). The third kappa shape index (κ3) is 3.82. The molecule has 226 valence electrons. The highest BCUT2D eigenvalue weighted by Gasteiger charge is 2.34. The lowest BCUT2D eigenvalue weighted by molar-refractivity contribution is 0.646. The predicted molar refractivity (Wildman–Crippen MR) is 200 cm³/mol. The quantitative estimate of drug-likeness (QED) is 0.198. The number of aromatic nitrogens is 3. The van der Waals surface area contributed by atoms with Gasteiger partial charge in [0.15, 0.2) is 0 Å².